The van der Waals surface area contributed by atoms with Crippen LogP contribution in [0.15, 0.2) is 77.9 Å². The van der Waals surface area contributed by atoms with Crippen LogP contribution in [0, 0.1) is 5.92 Å². The molecule has 8 heteroatoms. The number of nitrogens with zero attached hydrogens (tertiary/aromatic N) is 1. The standard InChI is InChI=1S/C28H30ClN3O4/c1-4-35-25-16-21(12-15-24(25)36-18-20-10-13-23(29)14-11-20)17-30-32-28(34)26(19(2)3)31-27(33)22-8-6-5-7-9-22/h5-17,19,26H,4,18H2,1-3H3,(H,31,33)(H,32,34). The zero-order valence-corrected chi connectivity index (χ0v) is 21.3. The van der Waals surface area contributed by atoms with E-state index in [9.17, 15) is 9.59 Å². The maximum atomic E-state index is 12.7. The maximum Gasteiger partial charge on any atom is 0.262 e. The average molecular weight is 508 g/mol. The molecule has 3 rings (SSSR count). The summed E-state index contributed by atoms with van der Waals surface area (Å²) in [5, 5.41) is 7.52. The van der Waals surface area contributed by atoms with E-state index in [1.165, 1.54) is 6.21 Å². The monoisotopic (exact) mass is 507 g/mol. The first kappa shape index (κ1) is 26.8. The Balaban J connectivity index is 1.62. The number of carbonyl (C=O) groups is 2. The minimum atomic E-state index is -0.738. The Kier molecular flexibility index (Phi) is 9.89. The van der Waals surface area contributed by atoms with Gasteiger partial charge < -0.3 is 14.8 Å². The van der Waals surface area contributed by atoms with Gasteiger partial charge in [-0.15, -0.1) is 0 Å². The van der Waals surface area contributed by atoms with Gasteiger partial charge in [0.2, 0.25) is 0 Å². The van der Waals surface area contributed by atoms with Crippen molar-refractivity contribution in [3.8, 4) is 11.5 Å². The molecule has 2 N–H and O–H groups in total. The van der Waals surface area contributed by atoms with E-state index < -0.39 is 11.9 Å². The van der Waals surface area contributed by atoms with Crippen LogP contribution in [0.5, 0.6) is 11.5 Å². The van der Waals surface area contributed by atoms with Crippen LogP contribution in [0.25, 0.3) is 0 Å². The molecule has 0 heterocycles. The number of carbonyl (C=O) groups excluding carboxylic acids is 2. The van der Waals surface area contributed by atoms with Gasteiger partial charge in [0.15, 0.2) is 11.5 Å². The molecule has 1 atom stereocenters. The van der Waals surface area contributed by atoms with Gasteiger partial charge in [0, 0.05) is 10.6 Å². The third-order valence-electron chi connectivity index (χ3n) is 5.24. The Hall–Kier alpha value is -3.84. The highest BCUT2D eigenvalue weighted by Crippen LogP contribution is 2.29. The summed E-state index contributed by atoms with van der Waals surface area (Å²) in [6.07, 6.45) is 1.51. The zero-order chi connectivity index (χ0) is 25.9. The second kappa shape index (κ2) is 13.3. The minimum Gasteiger partial charge on any atom is -0.490 e. The number of hydrogen-bond donors (Lipinski definition) is 2. The molecule has 188 valence electrons. The predicted octanol–water partition coefficient (Wildman–Crippen LogP) is 5.22. The molecule has 0 saturated carbocycles. The summed E-state index contributed by atoms with van der Waals surface area (Å²) in [5.41, 5.74) is 4.70. The van der Waals surface area contributed by atoms with Crippen molar-refractivity contribution in [2.45, 2.75) is 33.4 Å². The lowest BCUT2D eigenvalue weighted by atomic mass is 10.0. The third-order valence-corrected chi connectivity index (χ3v) is 5.49. The Labute approximate surface area is 216 Å². The van der Waals surface area contributed by atoms with Gasteiger partial charge in [-0.3, -0.25) is 9.59 Å². The lowest BCUT2D eigenvalue weighted by molar-refractivity contribution is -0.123. The molecule has 0 aliphatic rings. The molecule has 0 fully saturated rings. The van der Waals surface area contributed by atoms with Crippen LogP contribution in [0.3, 0.4) is 0 Å². The molecule has 0 aliphatic carbocycles. The Bertz CT molecular complexity index is 1180. The molecule has 1 unspecified atom stereocenters. The molecule has 0 aromatic heterocycles. The van der Waals surface area contributed by atoms with Crippen molar-refractivity contribution in [2.75, 3.05) is 6.61 Å². The first-order chi connectivity index (χ1) is 17.4. The molecule has 2 amide bonds. The molecule has 0 bridgehead atoms. The van der Waals surface area contributed by atoms with Gasteiger partial charge in [0.1, 0.15) is 12.6 Å². The number of ether oxygens (including phenoxy) is 2. The van der Waals surface area contributed by atoms with Crippen molar-refractivity contribution < 1.29 is 19.1 Å². The van der Waals surface area contributed by atoms with Crippen LogP contribution in [0.4, 0.5) is 0 Å². The van der Waals surface area contributed by atoms with E-state index in [0.29, 0.717) is 40.9 Å². The maximum absolute atomic E-state index is 12.7. The summed E-state index contributed by atoms with van der Waals surface area (Å²) in [6, 6.07) is 20.8. The lowest BCUT2D eigenvalue weighted by Crippen LogP contribution is -2.48. The fraction of sp³-hybridized carbons (Fsp3) is 0.250. The van der Waals surface area contributed by atoms with Crippen LogP contribution in [-0.4, -0.2) is 30.7 Å². The van der Waals surface area contributed by atoms with Gasteiger partial charge in [-0.2, -0.15) is 5.10 Å². The molecule has 36 heavy (non-hydrogen) atoms. The van der Waals surface area contributed by atoms with Crippen molar-refractivity contribution in [2.24, 2.45) is 11.0 Å². The van der Waals surface area contributed by atoms with Crippen molar-refractivity contribution >= 4 is 29.6 Å². The van der Waals surface area contributed by atoms with Gasteiger partial charge in [0.05, 0.1) is 12.8 Å². The molecule has 3 aromatic rings. The molecular formula is C28H30ClN3O4. The molecule has 3 aromatic carbocycles. The van der Waals surface area contributed by atoms with Crippen molar-refractivity contribution in [1.82, 2.24) is 10.7 Å². The summed E-state index contributed by atoms with van der Waals surface area (Å²) in [6.45, 7) is 6.43. The topological polar surface area (TPSA) is 89.0 Å². The largest absolute Gasteiger partial charge is 0.490 e. The number of rotatable bonds is 11. The molecular weight excluding hydrogens is 478 g/mol. The number of nitrogens with one attached hydrogen (secondary N) is 2. The summed E-state index contributed by atoms with van der Waals surface area (Å²) >= 11 is 5.94. The van der Waals surface area contributed by atoms with Crippen LogP contribution in [0.2, 0.25) is 5.02 Å². The predicted molar refractivity (Wildman–Crippen MR) is 142 cm³/mol. The van der Waals surface area contributed by atoms with Gasteiger partial charge in [-0.05, 0) is 66.4 Å². The van der Waals surface area contributed by atoms with Gasteiger partial charge >= 0.3 is 0 Å². The quantitative estimate of drug-likeness (QED) is 0.275. The second-order valence-electron chi connectivity index (χ2n) is 8.35. The Morgan fingerprint density at radius 3 is 2.36 bits per heavy atom. The van der Waals surface area contributed by atoms with E-state index in [1.807, 2.05) is 57.2 Å². The zero-order valence-electron chi connectivity index (χ0n) is 20.5. The van der Waals surface area contributed by atoms with Gasteiger partial charge in [-0.1, -0.05) is 55.8 Å². The van der Waals surface area contributed by atoms with Gasteiger partial charge in [0.25, 0.3) is 11.8 Å². The first-order valence-corrected chi connectivity index (χ1v) is 12.1. The Morgan fingerprint density at radius 2 is 1.69 bits per heavy atom. The SMILES string of the molecule is CCOc1cc(C=NNC(=O)C(NC(=O)c2ccccc2)C(C)C)ccc1OCc1ccc(Cl)cc1. The van der Waals surface area contributed by atoms with Crippen LogP contribution >= 0.6 is 11.6 Å². The van der Waals surface area contributed by atoms with Crippen LogP contribution < -0.4 is 20.2 Å². The van der Waals surface area contributed by atoms with Crippen molar-refractivity contribution in [1.29, 1.82) is 0 Å². The normalized spacial score (nSPS) is 11.8. The minimum absolute atomic E-state index is 0.130. The van der Waals surface area contributed by atoms with Crippen molar-refractivity contribution in [3.05, 3.63) is 94.5 Å². The molecule has 0 aliphatic heterocycles. The Morgan fingerprint density at radius 1 is 0.972 bits per heavy atom. The van der Waals surface area contributed by atoms with E-state index >= 15 is 0 Å². The van der Waals surface area contributed by atoms with Crippen LogP contribution in [-0.2, 0) is 11.4 Å². The van der Waals surface area contributed by atoms with E-state index in [4.69, 9.17) is 21.1 Å². The number of halogens is 1. The fourth-order valence-electron chi connectivity index (χ4n) is 3.32. The molecule has 0 radical (unpaired) electrons. The lowest BCUT2D eigenvalue weighted by Gasteiger charge is -2.20. The van der Waals surface area contributed by atoms with E-state index in [1.54, 1.807) is 36.4 Å². The summed E-state index contributed by atoms with van der Waals surface area (Å²) in [5.74, 6) is 0.311. The summed E-state index contributed by atoms with van der Waals surface area (Å²) in [7, 11) is 0. The number of hydrazone groups is 1. The average Bonchev–Trinajstić information content (AvgIpc) is 2.88. The van der Waals surface area contributed by atoms with E-state index in [0.717, 1.165) is 5.56 Å². The first-order valence-electron chi connectivity index (χ1n) is 11.7. The number of amides is 2. The number of benzene rings is 3. The fourth-order valence-corrected chi connectivity index (χ4v) is 3.45. The van der Waals surface area contributed by atoms with E-state index in [2.05, 4.69) is 15.8 Å². The van der Waals surface area contributed by atoms with E-state index in [-0.39, 0.29) is 11.8 Å². The third kappa shape index (κ3) is 7.85. The van der Waals surface area contributed by atoms with Crippen molar-refractivity contribution in [3.63, 3.8) is 0 Å². The van der Waals surface area contributed by atoms with Crippen LogP contribution in [0.1, 0.15) is 42.3 Å². The van der Waals surface area contributed by atoms with Gasteiger partial charge in [-0.25, -0.2) is 5.43 Å². The molecule has 0 saturated heterocycles. The molecule has 0 spiro atoms. The highest BCUT2D eigenvalue weighted by atomic mass is 35.5. The highest BCUT2D eigenvalue weighted by molar-refractivity contribution is 6.30. The number of hydrogen-bond acceptors (Lipinski definition) is 5. The summed E-state index contributed by atoms with van der Waals surface area (Å²) < 4.78 is 11.6. The molecule has 7 nitrogen and oxygen atoms in total. The highest BCUT2D eigenvalue weighted by Gasteiger charge is 2.24. The second-order valence-corrected chi connectivity index (χ2v) is 8.79. The smallest absolute Gasteiger partial charge is 0.262 e. The summed E-state index contributed by atoms with van der Waals surface area (Å²) in [4.78, 5) is 25.2.